The fourth-order valence-corrected chi connectivity index (χ4v) is 2.34. The van der Waals surface area contributed by atoms with E-state index >= 15 is 0 Å². The number of aryl methyl sites for hydroxylation is 1. The lowest BCUT2D eigenvalue weighted by Crippen LogP contribution is -2.56. The maximum absolute atomic E-state index is 12.1. The number of nitrogens with one attached hydrogen (secondary N) is 1. The second-order valence-electron chi connectivity index (χ2n) is 4.89. The molecule has 2 heterocycles. The van der Waals surface area contributed by atoms with Gasteiger partial charge in [-0.1, -0.05) is 0 Å². The summed E-state index contributed by atoms with van der Waals surface area (Å²) < 4.78 is 5.11. The second-order valence-corrected chi connectivity index (χ2v) is 4.89. The first-order valence-corrected chi connectivity index (χ1v) is 6.98. The highest BCUT2D eigenvalue weighted by Crippen LogP contribution is 2.24. The number of nitrogens with zero attached hydrogens (tertiary/aromatic N) is 4. The average Bonchev–Trinajstić information content (AvgIpc) is 2.50. The summed E-state index contributed by atoms with van der Waals surface area (Å²) in [6.07, 6.45) is 0. The molecule has 7 heteroatoms. The highest BCUT2D eigenvalue weighted by atomic mass is 16.5. The van der Waals surface area contributed by atoms with Crippen LogP contribution in [0.15, 0.2) is 0 Å². The van der Waals surface area contributed by atoms with Gasteiger partial charge in [-0.05, 0) is 26.3 Å². The number of carbonyl (C=O) groups excluding carboxylic acids is 1. The standard InChI is InChI=1S/C14H19N5O2/c1-4-21-14(20)12-8-16-5-6-19(12)13-11(7-15)9(2)10(3)17-18-13/h12,16H,4-6,8H2,1-3H3. The summed E-state index contributed by atoms with van der Waals surface area (Å²) in [5.74, 6) is 0.147. The smallest absolute Gasteiger partial charge is 0.330 e. The van der Waals surface area contributed by atoms with Gasteiger partial charge in [0.1, 0.15) is 17.7 Å². The molecule has 0 saturated carbocycles. The molecule has 1 saturated heterocycles. The molecule has 0 aliphatic carbocycles. The number of rotatable bonds is 3. The molecule has 1 atom stereocenters. The first-order valence-electron chi connectivity index (χ1n) is 6.98. The van der Waals surface area contributed by atoms with Crippen LogP contribution < -0.4 is 10.2 Å². The Labute approximate surface area is 123 Å². The Morgan fingerprint density at radius 1 is 1.52 bits per heavy atom. The number of nitriles is 1. The van der Waals surface area contributed by atoms with Gasteiger partial charge < -0.3 is 15.0 Å². The summed E-state index contributed by atoms with van der Waals surface area (Å²) in [5.41, 5.74) is 1.99. The van der Waals surface area contributed by atoms with E-state index in [-0.39, 0.29) is 5.97 Å². The Morgan fingerprint density at radius 2 is 2.29 bits per heavy atom. The summed E-state index contributed by atoms with van der Waals surface area (Å²) in [7, 11) is 0. The Morgan fingerprint density at radius 3 is 2.95 bits per heavy atom. The molecule has 1 N–H and O–H groups in total. The van der Waals surface area contributed by atoms with Gasteiger partial charge in [-0.2, -0.15) is 10.4 Å². The molecule has 21 heavy (non-hydrogen) atoms. The zero-order chi connectivity index (χ0) is 15.4. The molecule has 0 amide bonds. The molecule has 1 aliphatic rings. The molecule has 1 aliphatic heterocycles. The van der Waals surface area contributed by atoms with Crippen molar-refractivity contribution >= 4 is 11.8 Å². The van der Waals surface area contributed by atoms with Gasteiger partial charge in [0.15, 0.2) is 5.82 Å². The molecule has 1 aromatic rings. The van der Waals surface area contributed by atoms with E-state index in [2.05, 4.69) is 21.6 Å². The SMILES string of the molecule is CCOC(=O)C1CNCCN1c1nnc(C)c(C)c1C#N. The molecule has 7 nitrogen and oxygen atoms in total. The van der Waals surface area contributed by atoms with Crippen LogP contribution in [0.2, 0.25) is 0 Å². The normalized spacial score (nSPS) is 18.2. The van der Waals surface area contributed by atoms with E-state index in [1.165, 1.54) is 0 Å². The molecule has 0 bridgehead atoms. The fraction of sp³-hybridized carbons (Fsp3) is 0.571. The zero-order valence-electron chi connectivity index (χ0n) is 12.5. The lowest BCUT2D eigenvalue weighted by Gasteiger charge is -2.35. The van der Waals surface area contributed by atoms with Crippen LogP contribution in [0.1, 0.15) is 23.7 Å². The van der Waals surface area contributed by atoms with Crippen molar-refractivity contribution in [2.75, 3.05) is 31.1 Å². The molecule has 0 radical (unpaired) electrons. The monoisotopic (exact) mass is 289 g/mol. The number of hydrogen-bond acceptors (Lipinski definition) is 7. The van der Waals surface area contributed by atoms with Gasteiger partial charge in [0.25, 0.3) is 0 Å². The molecule has 1 aromatic heterocycles. The van der Waals surface area contributed by atoms with Crippen LogP contribution in [0.4, 0.5) is 5.82 Å². The van der Waals surface area contributed by atoms with Crippen LogP contribution in [-0.4, -0.2) is 48.4 Å². The van der Waals surface area contributed by atoms with Crippen molar-refractivity contribution in [3.8, 4) is 6.07 Å². The van der Waals surface area contributed by atoms with Crippen molar-refractivity contribution < 1.29 is 9.53 Å². The summed E-state index contributed by atoms with van der Waals surface area (Å²) >= 11 is 0. The van der Waals surface area contributed by atoms with Crippen molar-refractivity contribution in [2.45, 2.75) is 26.8 Å². The van der Waals surface area contributed by atoms with Crippen LogP contribution in [0.25, 0.3) is 0 Å². The Hall–Kier alpha value is -2.20. The number of esters is 1. The summed E-state index contributed by atoms with van der Waals surface area (Å²) in [5, 5.41) is 20.8. The van der Waals surface area contributed by atoms with Crippen molar-refractivity contribution in [1.29, 1.82) is 5.26 Å². The number of hydrogen-bond donors (Lipinski definition) is 1. The largest absolute Gasteiger partial charge is 0.464 e. The summed E-state index contributed by atoms with van der Waals surface area (Å²) in [6, 6.07) is 1.69. The van der Waals surface area contributed by atoms with Crippen molar-refractivity contribution in [1.82, 2.24) is 15.5 Å². The molecule has 112 valence electrons. The van der Waals surface area contributed by atoms with Crippen molar-refractivity contribution in [2.24, 2.45) is 0 Å². The van der Waals surface area contributed by atoms with Gasteiger partial charge in [-0.3, -0.25) is 0 Å². The lowest BCUT2D eigenvalue weighted by molar-refractivity contribution is -0.144. The maximum atomic E-state index is 12.1. The molecular formula is C14H19N5O2. The maximum Gasteiger partial charge on any atom is 0.330 e. The van der Waals surface area contributed by atoms with E-state index in [0.717, 1.165) is 17.8 Å². The van der Waals surface area contributed by atoms with E-state index in [1.807, 2.05) is 18.7 Å². The minimum Gasteiger partial charge on any atom is -0.464 e. The highest BCUT2D eigenvalue weighted by Gasteiger charge is 2.33. The van der Waals surface area contributed by atoms with Crippen LogP contribution in [0, 0.1) is 25.2 Å². The van der Waals surface area contributed by atoms with E-state index in [4.69, 9.17) is 4.74 Å². The third-order valence-corrected chi connectivity index (χ3v) is 3.62. The molecule has 2 rings (SSSR count). The zero-order valence-corrected chi connectivity index (χ0v) is 12.5. The van der Waals surface area contributed by atoms with Crippen molar-refractivity contribution in [3.05, 3.63) is 16.8 Å². The predicted octanol–water partition coefficient (Wildman–Crippen LogP) is 0.306. The quantitative estimate of drug-likeness (QED) is 0.800. The Bertz CT molecular complexity index is 581. The predicted molar refractivity (Wildman–Crippen MR) is 76.9 cm³/mol. The highest BCUT2D eigenvalue weighted by molar-refractivity contribution is 5.81. The van der Waals surface area contributed by atoms with E-state index in [9.17, 15) is 10.1 Å². The van der Waals surface area contributed by atoms with E-state index < -0.39 is 6.04 Å². The number of ether oxygens (including phenoxy) is 1. The van der Waals surface area contributed by atoms with Gasteiger partial charge >= 0.3 is 5.97 Å². The average molecular weight is 289 g/mol. The second kappa shape index (κ2) is 6.50. The lowest BCUT2D eigenvalue weighted by atomic mass is 10.1. The molecule has 1 unspecified atom stereocenters. The number of piperazine rings is 1. The first-order chi connectivity index (χ1) is 10.1. The molecule has 0 spiro atoms. The number of aromatic nitrogens is 2. The van der Waals surface area contributed by atoms with Crippen LogP contribution in [0.3, 0.4) is 0 Å². The third kappa shape index (κ3) is 2.95. The Balaban J connectivity index is 2.41. The van der Waals surface area contributed by atoms with Gasteiger partial charge in [0, 0.05) is 19.6 Å². The number of anilines is 1. The minimum atomic E-state index is -0.484. The summed E-state index contributed by atoms with van der Waals surface area (Å²) in [4.78, 5) is 13.9. The Kier molecular flexibility index (Phi) is 4.70. The van der Waals surface area contributed by atoms with Crippen LogP contribution >= 0.6 is 0 Å². The molecule has 0 aromatic carbocycles. The minimum absolute atomic E-state index is 0.311. The van der Waals surface area contributed by atoms with Gasteiger partial charge in [0.05, 0.1) is 12.3 Å². The van der Waals surface area contributed by atoms with E-state index in [1.54, 1.807) is 6.92 Å². The van der Waals surface area contributed by atoms with Crippen molar-refractivity contribution in [3.63, 3.8) is 0 Å². The molecule has 1 fully saturated rings. The van der Waals surface area contributed by atoms with Crippen LogP contribution in [0.5, 0.6) is 0 Å². The first kappa shape index (κ1) is 15.2. The van der Waals surface area contributed by atoms with Gasteiger partial charge in [-0.15, -0.1) is 5.10 Å². The molecular weight excluding hydrogens is 270 g/mol. The van der Waals surface area contributed by atoms with Crippen LogP contribution in [-0.2, 0) is 9.53 Å². The van der Waals surface area contributed by atoms with Gasteiger partial charge in [-0.25, -0.2) is 4.79 Å². The summed E-state index contributed by atoms with van der Waals surface area (Å²) in [6.45, 7) is 7.52. The fourth-order valence-electron chi connectivity index (χ4n) is 2.34. The topological polar surface area (TPSA) is 91.1 Å². The third-order valence-electron chi connectivity index (χ3n) is 3.62. The van der Waals surface area contributed by atoms with Gasteiger partial charge in [0.2, 0.25) is 0 Å². The van der Waals surface area contributed by atoms with E-state index in [0.29, 0.717) is 31.1 Å². The number of carbonyl (C=O) groups is 1.